The Bertz CT molecular complexity index is 949. The van der Waals surface area contributed by atoms with Crippen LogP contribution in [0.1, 0.15) is 43.4 Å². The van der Waals surface area contributed by atoms with E-state index in [1.807, 2.05) is 20.8 Å². The molecule has 0 aliphatic carbocycles. The van der Waals surface area contributed by atoms with E-state index in [-0.39, 0.29) is 24.0 Å². The van der Waals surface area contributed by atoms with Gasteiger partial charge in [-0.15, -0.1) is 0 Å². The van der Waals surface area contributed by atoms with E-state index in [1.54, 1.807) is 4.68 Å². The lowest BCUT2D eigenvalue weighted by Crippen LogP contribution is -2.53. The zero-order chi connectivity index (χ0) is 21.6. The molecule has 2 aliphatic rings. The third kappa shape index (κ3) is 3.78. The molecule has 0 bridgehead atoms. The summed E-state index contributed by atoms with van der Waals surface area (Å²) in [7, 11) is 0. The molecule has 1 fully saturated rings. The van der Waals surface area contributed by atoms with Crippen LogP contribution in [0, 0.1) is 25.7 Å². The number of hydrogen-bond donors (Lipinski definition) is 0. The molecule has 1 aromatic heterocycles. The largest absolute Gasteiger partial charge is 0.299 e. The summed E-state index contributed by atoms with van der Waals surface area (Å²) in [5, 5.41) is 5.19. The van der Waals surface area contributed by atoms with Gasteiger partial charge in [0.05, 0.1) is 11.3 Å². The summed E-state index contributed by atoms with van der Waals surface area (Å²) >= 11 is 6.33. The fourth-order valence-corrected chi connectivity index (χ4v) is 5.28. The van der Waals surface area contributed by atoms with Gasteiger partial charge in [0, 0.05) is 24.5 Å². The maximum atomic E-state index is 13.6. The molecule has 2 aliphatic heterocycles. The molecular formula is C22H28ClF2N5. The lowest BCUT2D eigenvalue weighted by Gasteiger charge is -2.48. The Morgan fingerprint density at radius 3 is 2.63 bits per heavy atom. The molecule has 0 radical (unpaired) electrons. The number of aryl methyl sites for hydroxylation is 2. The second kappa shape index (κ2) is 8.00. The number of nitrogens with zero attached hydrogens (tertiary/aromatic N) is 5. The lowest BCUT2D eigenvalue weighted by molar-refractivity contribution is 0.0306. The van der Waals surface area contributed by atoms with Gasteiger partial charge in [-0.05, 0) is 62.3 Å². The number of aliphatic imine (C=N–C) groups is 1. The van der Waals surface area contributed by atoms with Crippen LogP contribution >= 0.6 is 11.6 Å². The average Bonchev–Trinajstić information content (AvgIpc) is 3.17. The molecule has 3 atom stereocenters. The Morgan fingerprint density at radius 1 is 1.27 bits per heavy atom. The van der Waals surface area contributed by atoms with Crippen molar-refractivity contribution in [3.05, 3.63) is 40.2 Å². The molecule has 4 rings (SSSR count). The standard InChI is InChI=1S/C22H28ClF2N5/c1-13-5-6-29(10-16-7-14(2)19(23)15(3)8-16)11-17(13)22(4)9-18(20(24)25)28-21-26-12-27-30(21)22/h7-8,12-13,17,20H,5-6,9-11H2,1-4H3/t13-,17-,22?/m1/s1. The highest BCUT2D eigenvalue weighted by Gasteiger charge is 2.47. The van der Waals surface area contributed by atoms with E-state index in [1.165, 1.54) is 11.9 Å². The lowest BCUT2D eigenvalue weighted by atomic mass is 9.71. The topological polar surface area (TPSA) is 46.3 Å². The minimum absolute atomic E-state index is 0.0914. The van der Waals surface area contributed by atoms with Gasteiger partial charge in [0.2, 0.25) is 5.95 Å². The van der Waals surface area contributed by atoms with Gasteiger partial charge in [-0.3, -0.25) is 4.90 Å². The van der Waals surface area contributed by atoms with Crippen LogP contribution in [0.5, 0.6) is 0 Å². The van der Waals surface area contributed by atoms with Crippen molar-refractivity contribution in [2.45, 2.75) is 59.0 Å². The van der Waals surface area contributed by atoms with Gasteiger partial charge in [-0.25, -0.2) is 18.5 Å². The molecule has 1 aromatic carbocycles. The molecule has 1 saturated heterocycles. The van der Waals surface area contributed by atoms with Crippen molar-refractivity contribution in [1.29, 1.82) is 0 Å². The molecule has 3 heterocycles. The quantitative estimate of drug-likeness (QED) is 0.666. The Kier molecular flexibility index (Phi) is 5.70. The highest BCUT2D eigenvalue weighted by atomic mass is 35.5. The Morgan fingerprint density at radius 2 is 1.97 bits per heavy atom. The monoisotopic (exact) mass is 435 g/mol. The zero-order valence-electron chi connectivity index (χ0n) is 17.9. The summed E-state index contributed by atoms with van der Waals surface area (Å²) in [4.78, 5) is 10.6. The molecule has 0 saturated carbocycles. The molecule has 0 N–H and O–H groups in total. The second-order valence-electron chi connectivity index (χ2n) is 9.06. The van der Waals surface area contributed by atoms with Crippen LogP contribution in [0.2, 0.25) is 5.02 Å². The summed E-state index contributed by atoms with van der Waals surface area (Å²) < 4.78 is 28.9. The summed E-state index contributed by atoms with van der Waals surface area (Å²) in [6.45, 7) is 10.9. The smallest absolute Gasteiger partial charge is 0.276 e. The van der Waals surface area contributed by atoms with Crippen molar-refractivity contribution in [2.75, 3.05) is 13.1 Å². The van der Waals surface area contributed by atoms with E-state index in [2.05, 4.69) is 39.0 Å². The SMILES string of the molecule is Cc1cc(CN2CC[C@@H](C)[C@H](C3(C)CC(C(F)F)=Nc4ncnn43)C2)cc(C)c1Cl. The van der Waals surface area contributed by atoms with E-state index >= 15 is 0 Å². The van der Waals surface area contributed by atoms with Crippen molar-refractivity contribution in [3.63, 3.8) is 0 Å². The minimum atomic E-state index is -2.58. The number of alkyl halides is 2. The summed E-state index contributed by atoms with van der Waals surface area (Å²) in [6, 6.07) is 4.28. The van der Waals surface area contributed by atoms with Crippen LogP contribution in [-0.4, -0.2) is 44.9 Å². The fraction of sp³-hybridized carbons (Fsp3) is 0.591. The number of benzene rings is 1. The summed E-state index contributed by atoms with van der Waals surface area (Å²) in [5.74, 6) is 0.826. The molecule has 0 amide bonds. The normalized spacial score (nSPS) is 27.3. The Hall–Kier alpha value is -1.86. The van der Waals surface area contributed by atoms with Crippen LogP contribution < -0.4 is 0 Å². The van der Waals surface area contributed by atoms with Gasteiger partial charge in [0.15, 0.2) is 0 Å². The average molecular weight is 436 g/mol. The van der Waals surface area contributed by atoms with Crippen LogP contribution in [0.15, 0.2) is 23.5 Å². The van der Waals surface area contributed by atoms with Gasteiger partial charge in [-0.1, -0.05) is 30.7 Å². The zero-order valence-corrected chi connectivity index (χ0v) is 18.6. The first kappa shape index (κ1) is 21.4. The minimum Gasteiger partial charge on any atom is -0.299 e. The Balaban J connectivity index is 1.60. The highest BCUT2D eigenvalue weighted by molar-refractivity contribution is 6.32. The van der Waals surface area contributed by atoms with Crippen molar-refractivity contribution >= 4 is 23.3 Å². The van der Waals surface area contributed by atoms with Gasteiger partial charge in [0.25, 0.3) is 6.43 Å². The van der Waals surface area contributed by atoms with Crippen molar-refractivity contribution in [1.82, 2.24) is 19.7 Å². The van der Waals surface area contributed by atoms with E-state index in [4.69, 9.17) is 11.6 Å². The molecule has 0 spiro atoms. The van der Waals surface area contributed by atoms with Crippen LogP contribution in [0.25, 0.3) is 0 Å². The van der Waals surface area contributed by atoms with Crippen LogP contribution in [0.3, 0.4) is 0 Å². The summed E-state index contributed by atoms with van der Waals surface area (Å²) in [5.41, 5.74) is 2.72. The number of rotatable bonds is 4. The van der Waals surface area contributed by atoms with Gasteiger partial charge in [-0.2, -0.15) is 10.1 Å². The number of piperidine rings is 1. The number of likely N-dealkylation sites (tertiary alicyclic amines) is 1. The molecule has 2 aromatic rings. The molecule has 162 valence electrons. The first-order valence-corrected chi connectivity index (χ1v) is 10.8. The number of fused-ring (bicyclic) bond motifs is 1. The number of halogens is 3. The number of hydrogen-bond acceptors (Lipinski definition) is 4. The van der Waals surface area contributed by atoms with Crippen molar-refractivity contribution < 1.29 is 8.78 Å². The predicted octanol–water partition coefficient (Wildman–Crippen LogP) is 5.16. The summed E-state index contributed by atoms with van der Waals surface area (Å²) in [6.07, 6.45) is 0.0422. The van der Waals surface area contributed by atoms with Crippen molar-refractivity contribution in [2.24, 2.45) is 16.8 Å². The van der Waals surface area contributed by atoms with Gasteiger partial charge >= 0.3 is 0 Å². The molecule has 5 nitrogen and oxygen atoms in total. The molecular weight excluding hydrogens is 408 g/mol. The van der Waals surface area contributed by atoms with E-state index in [9.17, 15) is 8.78 Å². The van der Waals surface area contributed by atoms with E-state index in [0.29, 0.717) is 5.92 Å². The molecule has 8 heteroatoms. The third-order valence-corrected chi connectivity index (χ3v) is 7.39. The first-order chi connectivity index (χ1) is 14.2. The van der Waals surface area contributed by atoms with E-state index < -0.39 is 12.0 Å². The fourth-order valence-electron chi connectivity index (χ4n) is 5.17. The second-order valence-corrected chi connectivity index (χ2v) is 9.44. The maximum absolute atomic E-state index is 13.6. The van der Waals surface area contributed by atoms with Crippen molar-refractivity contribution in [3.8, 4) is 0 Å². The van der Waals surface area contributed by atoms with Gasteiger partial charge in [0.1, 0.15) is 6.33 Å². The molecule has 30 heavy (non-hydrogen) atoms. The van der Waals surface area contributed by atoms with Gasteiger partial charge < -0.3 is 0 Å². The third-order valence-electron chi connectivity index (χ3n) is 6.79. The maximum Gasteiger partial charge on any atom is 0.276 e. The van der Waals surface area contributed by atoms with Crippen LogP contribution in [0.4, 0.5) is 14.7 Å². The predicted molar refractivity (Wildman–Crippen MR) is 115 cm³/mol. The van der Waals surface area contributed by atoms with E-state index in [0.717, 1.165) is 42.2 Å². The number of aromatic nitrogens is 3. The Labute approximate surface area is 181 Å². The first-order valence-electron chi connectivity index (χ1n) is 10.4. The van der Waals surface area contributed by atoms with Crippen LogP contribution in [-0.2, 0) is 12.1 Å². The molecule has 1 unspecified atom stereocenters. The highest BCUT2D eigenvalue weighted by Crippen LogP contribution is 2.44.